The summed E-state index contributed by atoms with van der Waals surface area (Å²) in [7, 11) is 2.17. The number of fused-ring (bicyclic) bond motifs is 1. The molecule has 1 saturated heterocycles. The number of carbonyl (C=O) groups is 1. The van der Waals surface area contributed by atoms with Crippen LogP contribution in [0.2, 0.25) is 0 Å². The van der Waals surface area contributed by atoms with Crippen molar-refractivity contribution < 1.29 is 4.79 Å². The van der Waals surface area contributed by atoms with Crippen LogP contribution >= 0.6 is 11.8 Å². The van der Waals surface area contributed by atoms with Crippen molar-refractivity contribution >= 4 is 17.5 Å². The molecule has 0 radical (unpaired) electrons. The lowest BCUT2D eigenvalue weighted by Crippen LogP contribution is -2.48. The quantitative estimate of drug-likeness (QED) is 0.842. The Kier molecular flexibility index (Phi) is 4.93. The summed E-state index contributed by atoms with van der Waals surface area (Å²) < 4.78 is 0. The molecule has 3 nitrogen and oxygen atoms in total. The Labute approximate surface area is 154 Å². The van der Waals surface area contributed by atoms with Gasteiger partial charge in [0.15, 0.2) is 5.78 Å². The van der Waals surface area contributed by atoms with Crippen LogP contribution in [0, 0.1) is 5.92 Å². The number of thioether (sulfide) groups is 1. The average Bonchev–Trinajstić information content (AvgIpc) is 2.66. The fraction of sp³-hybridized carbons (Fsp3) is 0.381. The minimum absolute atomic E-state index is 0.0192. The van der Waals surface area contributed by atoms with E-state index in [2.05, 4.69) is 47.2 Å². The van der Waals surface area contributed by atoms with Gasteiger partial charge in [0, 0.05) is 48.4 Å². The molecule has 25 heavy (non-hydrogen) atoms. The van der Waals surface area contributed by atoms with Crippen LogP contribution in [0.15, 0.2) is 59.5 Å². The number of ketones is 1. The molecule has 2 aliphatic heterocycles. The second-order valence-electron chi connectivity index (χ2n) is 7.02. The zero-order chi connectivity index (χ0) is 17.2. The smallest absolute Gasteiger partial charge is 0.169 e. The molecular weight excluding hydrogens is 328 g/mol. The highest BCUT2D eigenvalue weighted by Crippen LogP contribution is 2.48. The van der Waals surface area contributed by atoms with E-state index in [1.165, 1.54) is 5.56 Å². The Bertz CT molecular complexity index is 741. The van der Waals surface area contributed by atoms with Crippen molar-refractivity contribution in [2.75, 3.05) is 39.8 Å². The van der Waals surface area contributed by atoms with Gasteiger partial charge in [-0.25, -0.2) is 0 Å². The van der Waals surface area contributed by atoms with Crippen molar-refractivity contribution in [3.63, 3.8) is 0 Å². The van der Waals surface area contributed by atoms with Gasteiger partial charge in [-0.05, 0) is 18.7 Å². The lowest BCUT2D eigenvalue weighted by Gasteiger charge is -2.38. The molecule has 2 aliphatic rings. The maximum atomic E-state index is 13.3. The molecular formula is C21H24N2OS. The second-order valence-corrected chi connectivity index (χ2v) is 8.20. The van der Waals surface area contributed by atoms with Gasteiger partial charge in [0.2, 0.25) is 0 Å². The van der Waals surface area contributed by atoms with Gasteiger partial charge in [-0.3, -0.25) is 4.79 Å². The lowest BCUT2D eigenvalue weighted by atomic mass is 9.89. The molecule has 2 atom stereocenters. The Morgan fingerprint density at radius 1 is 0.960 bits per heavy atom. The predicted molar refractivity (Wildman–Crippen MR) is 103 cm³/mol. The molecule has 2 heterocycles. The van der Waals surface area contributed by atoms with Crippen molar-refractivity contribution in [1.82, 2.24) is 9.80 Å². The molecule has 0 N–H and O–H groups in total. The van der Waals surface area contributed by atoms with Crippen molar-refractivity contribution in [1.29, 1.82) is 0 Å². The molecule has 0 saturated carbocycles. The van der Waals surface area contributed by atoms with E-state index in [1.807, 2.05) is 36.0 Å². The van der Waals surface area contributed by atoms with Gasteiger partial charge in [0.1, 0.15) is 0 Å². The van der Waals surface area contributed by atoms with E-state index in [4.69, 9.17) is 0 Å². The fourth-order valence-electron chi connectivity index (χ4n) is 3.76. The average molecular weight is 353 g/mol. The van der Waals surface area contributed by atoms with Crippen LogP contribution in [0.3, 0.4) is 0 Å². The van der Waals surface area contributed by atoms with E-state index < -0.39 is 0 Å². The third-order valence-electron chi connectivity index (χ3n) is 5.29. The van der Waals surface area contributed by atoms with Gasteiger partial charge in [-0.1, -0.05) is 48.5 Å². The lowest BCUT2D eigenvalue weighted by molar-refractivity contribution is 0.0824. The maximum Gasteiger partial charge on any atom is 0.169 e. The number of hydrogen-bond acceptors (Lipinski definition) is 4. The number of rotatable bonds is 3. The summed E-state index contributed by atoms with van der Waals surface area (Å²) in [6, 6.07) is 18.6. The summed E-state index contributed by atoms with van der Waals surface area (Å²) in [6.07, 6.45) is 0. The Morgan fingerprint density at radius 3 is 2.40 bits per heavy atom. The molecule has 2 aromatic carbocycles. The van der Waals surface area contributed by atoms with Crippen LogP contribution < -0.4 is 0 Å². The number of hydrogen-bond donors (Lipinski definition) is 0. The van der Waals surface area contributed by atoms with Crippen LogP contribution in [0.1, 0.15) is 21.2 Å². The first-order valence-corrected chi connectivity index (χ1v) is 9.86. The van der Waals surface area contributed by atoms with Crippen LogP contribution in [0.5, 0.6) is 0 Å². The van der Waals surface area contributed by atoms with Crippen molar-refractivity contribution in [3.05, 3.63) is 65.7 Å². The first-order chi connectivity index (χ1) is 12.2. The number of nitrogens with zero attached hydrogens (tertiary/aromatic N) is 2. The van der Waals surface area contributed by atoms with Gasteiger partial charge >= 0.3 is 0 Å². The fourth-order valence-corrected chi connectivity index (χ4v) is 5.15. The zero-order valence-corrected chi connectivity index (χ0v) is 15.4. The summed E-state index contributed by atoms with van der Waals surface area (Å²) in [5.74, 6) is 0.327. The molecule has 0 aliphatic carbocycles. The molecule has 4 heteroatoms. The SMILES string of the molecule is CN1CCN(C[C@H]2C(=O)c3ccccc3S[C@@H]2c2ccccc2)CC1. The molecule has 0 aromatic heterocycles. The first kappa shape index (κ1) is 16.8. The van der Waals surface area contributed by atoms with Gasteiger partial charge in [0.05, 0.1) is 5.92 Å². The van der Waals surface area contributed by atoms with Crippen LogP contribution in [0.25, 0.3) is 0 Å². The Morgan fingerprint density at radius 2 is 1.64 bits per heavy atom. The first-order valence-electron chi connectivity index (χ1n) is 8.98. The Hall–Kier alpha value is -1.62. The molecule has 0 amide bonds. The third-order valence-corrected chi connectivity index (χ3v) is 6.75. The van der Waals surface area contributed by atoms with Gasteiger partial charge in [0.25, 0.3) is 0 Å². The summed E-state index contributed by atoms with van der Waals surface area (Å²) in [5.41, 5.74) is 2.16. The molecule has 0 spiro atoms. The summed E-state index contributed by atoms with van der Waals surface area (Å²) in [5, 5.41) is 0.197. The number of piperazine rings is 1. The Balaban J connectivity index is 1.64. The van der Waals surface area contributed by atoms with Crippen molar-refractivity contribution in [2.24, 2.45) is 5.92 Å². The van der Waals surface area contributed by atoms with Gasteiger partial charge in [-0.15, -0.1) is 11.8 Å². The molecule has 1 fully saturated rings. The monoisotopic (exact) mass is 352 g/mol. The van der Waals surface area contributed by atoms with Gasteiger partial charge in [-0.2, -0.15) is 0 Å². The van der Waals surface area contributed by atoms with E-state index in [0.717, 1.165) is 43.2 Å². The molecule has 0 unspecified atom stereocenters. The molecule has 0 bridgehead atoms. The highest BCUT2D eigenvalue weighted by Gasteiger charge is 2.38. The number of carbonyl (C=O) groups excluding carboxylic acids is 1. The van der Waals surface area contributed by atoms with E-state index >= 15 is 0 Å². The standard InChI is InChI=1S/C21H24N2OS/c1-22-11-13-23(14-12-22)15-18-20(24)17-9-5-6-10-19(17)25-21(18)16-7-3-2-4-8-16/h2-10,18,21H,11-15H2,1H3/t18-,21+/m0/s1. The summed E-state index contributed by atoms with van der Waals surface area (Å²) in [4.78, 5) is 19.2. The van der Waals surface area contributed by atoms with Crippen molar-refractivity contribution in [2.45, 2.75) is 10.1 Å². The summed E-state index contributed by atoms with van der Waals surface area (Å²) in [6.45, 7) is 5.12. The second kappa shape index (κ2) is 7.32. The van der Waals surface area contributed by atoms with Crippen LogP contribution in [-0.4, -0.2) is 55.4 Å². The molecule has 4 rings (SSSR count). The minimum atomic E-state index is 0.0192. The minimum Gasteiger partial charge on any atom is -0.304 e. The predicted octanol–water partition coefficient (Wildman–Crippen LogP) is 3.58. The normalized spacial score (nSPS) is 24.9. The highest BCUT2D eigenvalue weighted by atomic mass is 32.2. The topological polar surface area (TPSA) is 23.6 Å². The van der Waals surface area contributed by atoms with Crippen molar-refractivity contribution in [3.8, 4) is 0 Å². The van der Waals surface area contributed by atoms with E-state index in [1.54, 1.807) is 0 Å². The number of likely N-dealkylation sites (N-methyl/N-ethyl adjacent to an activating group) is 1. The van der Waals surface area contributed by atoms with Gasteiger partial charge < -0.3 is 9.80 Å². The zero-order valence-electron chi connectivity index (χ0n) is 14.6. The van der Waals surface area contributed by atoms with E-state index in [9.17, 15) is 4.79 Å². The largest absolute Gasteiger partial charge is 0.304 e. The maximum absolute atomic E-state index is 13.3. The highest BCUT2D eigenvalue weighted by molar-refractivity contribution is 7.99. The third kappa shape index (κ3) is 3.52. The van der Waals surface area contributed by atoms with E-state index in [-0.39, 0.29) is 11.2 Å². The van der Waals surface area contributed by atoms with Crippen LogP contribution in [0.4, 0.5) is 0 Å². The molecule has 130 valence electrons. The number of Topliss-reactive ketones (excluding diaryl/α,β-unsaturated/α-hetero) is 1. The molecule has 2 aromatic rings. The van der Waals surface area contributed by atoms with E-state index in [0.29, 0.717) is 5.78 Å². The number of benzene rings is 2. The van der Waals surface area contributed by atoms with Crippen LogP contribution in [-0.2, 0) is 0 Å². The summed E-state index contributed by atoms with van der Waals surface area (Å²) >= 11 is 1.85.